The first kappa shape index (κ1) is 21.0. The number of nitrogens with zero attached hydrogens (tertiary/aromatic N) is 4. The first-order valence-electron chi connectivity index (χ1n) is 8.71. The van der Waals surface area contributed by atoms with Crippen LogP contribution >= 0.6 is 0 Å². The summed E-state index contributed by atoms with van der Waals surface area (Å²) in [5, 5.41) is 8.27. The van der Waals surface area contributed by atoms with Crippen molar-refractivity contribution in [1.82, 2.24) is 19.9 Å². The van der Waals surface area contributed by atoms with Crippen molar-refractivity contribution in [3.8, 4) is 0 Å². The van der Waals surface area contributed by atoms with E-state index in [-0.39, 0.29) is 57.5 Å². The van der Waals surface area contributed by atoms with E-state index < -0.39 is 7.32 Å². The average molecular weight is 372 g/mol. The fourth-order valence-corrected chi connectivity index (χ4v) is 2.85. The van der Waals surface area contributed by atoms with E-state index in [2.05, 4.69) is 10.2 Å². The van der Waals surface area contributed by atoms with Gasteiger partial charge in [-0.15, -0.1) is 19.9 Å². The van der Waals surface area contributed by atoms with Gasteiger partial charge in [0.15, 0.2) is 0 Å². The zero-order valence-corrected chi connectivity index (χ0v) is 14.4. The first-order valence-corrected chi connectivity index (χ1v) is 8.71. The molecule has 132 valence electrons. The molecule has 3 rings (SSSR count). The van der Waals surface area contributed by atoms with Crippen molar-refractivity contribution in [1.29, 1.82) is 0 Å². The normalized spacial score (nSPS) is 15.8. The molecule has 7 nitrogen and oxygen atoms in total. The maximum absolute atomic E-state index is 6.09. The van der Waals surface area contributed by atoms with Crippen molar-refractivity contribution in [3.63, 3.8) is 0 Å². The van der Waals surface area contributed by atoms with Crippen LogP contribution in [0.15, 0.2) is 24.8 Å². The quantitative estimate of drug-likeness (QED) is 0.723. The maximum atomic E-state index is 6.09. The van der Waals surface area contributed by atoms with Crippen molar-refractivity contribution in [2.24, 2.45) is 0 Å². The Labute approximate surface area is 191 Å². The van der Waals surface area contributed by atoms with Gasteiger partial charge in [-0.05, 0) is 37.8 Å². The number of aryl methyl sites for hydroxylation is 2. The molecule has 25 heavy (non-hydrogen) atoms. The topological polar surface area (TPSA) is 63.3 Å². The van der Waals surface area contributed by atoms with Crippen LogP contribution in [0.25, 0.3) is 0 Å². The molecule has 0 bridgehead atoms. The summed E-state index contributed by atoms with van der Waals surface area (Å²) in [5.41, 5.74) is 2.02. The van der Waals surface area contributed by atoms with Crippen molar-refractivity contribution in [2.75, 3.05) is 0 Å². The van der Waals surface area contributed by atoms with Crippen LogP contribution in [0.4, 0.5) is 0 Å². The summed E-state index contributed by atoms with van der Waals surface area (Å²) in [4.78, 5) is 2.75. The van der Waals surface area contributed by atoms with Gasteiger partial charge in [0.25, 0.3) is 0 Å². The second kappa shape index (κ2) is 10.7. The predicted molar refractivity (Wildman–Crippen MR) is 97.2 cm³/mol. The van der Waals surface area contributed by atoms with Gasteiger partial charge >= 0.3 is 58.7 Å². The Bertz CT molecular complexity index is 586. The molecule has 0 N–H and O–H groups in total. The van der Waals surface area contributed by atoms with Gasteiger partial charge in [0.2, 0.25) is 0 Å². The molecule has 0 radical (unpaired) electrons. The summed E-state index contributed by atoms with van der Waals surface area (Å²) in [5.74, 6) is 0. The van der Waals surface area contributed by atoms with Crippen molar-refractivity contribution in [2.45, 2.75) is 64.9 Å². The van der Waals surface area contributed by atoms with Crippen molar-refractivity contribution < 1.29 is 14.2 Å². The minimum atomic E-state index is -0.895. The van der Waals surface area contributed by atoms with Crippen molar-refractivity contribution in [3.05, 3.63) is 35.9 Å². The minimum absolute atomic E-state index is 0. The Morgan fingerprint density at radius 2 is 1.36 bits per heavy atom. The number of hydrogen-bond acceptors (Lipinski definition) is 5. The van der Waals surface area contributed by atoms with Crippen molar-refractivity contribution >= 4 is 58.7 Å². The molecule has 0 amide bonds. The predicted octanol–water partition coefficient (Wildman–Crippen LogP) is 1.72. The SMILES string of the molecule is Cc1cnn(OB(OC2CCCCCCC2)On2cc(C)cn2)c1.[KH]. The second-order valence-corrected chi connectivity index (χ2v) is 6.44. The Morgan fingerprint density at radius 1 is 0.880 bits per heavy atom. The second-order valence-electron chi connectivity index (χ2n) is 6.44. The van der Waals surface area contributed by atoms with E-state index in [9.17, 15) is 0 Å². The Balaban J connectivity index is 0.00000225. The third kappa shape index (κ3) is 7.07. The van der Waals surface area contributed by atoms with Crippen LogP contribution in [0.2, 0.25) is 0 Å². The van der Waals surface area contributed by atoms with Gasteiger partial charge in [-0.25, -0.2) is 0 Å². The summed E-state index contributed by atoms with van der Waals surface area (Å²) in [6.45, 7) is 3.91. The standard InChI is InChI=1S/C16H25BN4O3.K.H/c1-14-10-18-20(12-14)23-17(24-21-13-15(2)11-19-21)22-16-8-6-4-3-5-7-9-16;;/h10-13,16H,3-9H2,1-2H3;;. The van der Waals surface area contributed by atoms with Gasteiger partial charge in [0.1, 0.15) is 0 Å². The zero-order chi connectivity index (χ0) is 16.8. The molecule has 2 aromatic heterocycles. The van der Waals surface area contributed by atoms with E-state index in [1.807, 2.05) is 13.8 Å². The first-order chi connectivity index (χ1) is 11.7. The summed E-state index contributed by atoms with van der Waals surface area (Å²) < 4.78 is 17.5. The van der Waals surface area contributed by atoms with Crippen LogP contribution in [0.3, 0.4) is 0 Å². The number of aromatic nitrogens is 4. The molecule has 1 aliphatic rings. The summed E-state index contributed by atoms with van der Waals surface area (Å²) in [7, 11) is -0.895. The van der Waals surface area contributed by atoms with E-state index >= 15 is 0 Å². The molecule has 2 heterocycles. The number of hydrogen-bond donors (Lipinski definition) is 0. The molecule has 9 heteroatoms. The molecule has 0 unspecified atom stereocenters. The van der Waals surface area contributed by atoms with Crippen LogP contribution in [0.5, 0.6) is 0 Å². The molecular weight excluding hydrogens is 346 g/mol. The molecule has 0 atom stereocenters. The van der Waals surface area contributed by atoms with Crippen LogP contribution in [-0.4, -0.2) is 84.7 Å². The van der Waals surface area contributed by atoms with Gasteiger partial charge in [0.05, 0.1) is 24.8 Å². The molecule has 0 spiro atoms. The van der Waals surface area contributed by atoms with Crippen LogP contribution in [0.1, 0.15) is 56.1 Å². The van der Waals surface area contributed by atoms with E-state index in [1.54, 1.807) is 24.8 Å². The van der Waals surface area contributed by atoms with Gasteiger partial charge in [0, 0.05) is 6.10 Å². The summed E-state index contributed by atoms with van der Waals surface area (Å²) in [6, 6.07) is 0. The Hall–Kier alpha value is -0.319. The average Bonchev–Trinajstić information content (AvgIpc) is 3.10. The Morgan fingerprint density at radius 3 is 1.80 bits per heavy atom. The molecule has 1 aliphatic carbocycles. The zero-order valence-electron chi connectivity index (χ0n) is 14.4. The molecule has 0 aromatic carbocycles. The van der Waals surface area contributed by atoms with Gasteiger partial charge < -0.3 is 14.2 Å². The van der Waals surface area contributed by atoms with E-state index in [1.165, 1.54) is 41.8 Å². The fraction of sp³-hybridized carbons (Fsp3) is 0.625. The van der Waals surface area contributed by atoms with Gasteiger partial charge in [-0.3, -0.25) is 0 Å². The van der Waals surface area contributed by atoms with Crippen LogP contribution in [-0.2, 0) is 4.65 Å². The third-order valence-electron chi connectivity index (χ3n) is 4.12. The molecule has 0 saturated heterocycles. The molecule has 0 aliphatic heterocycles. The molecule has 2 aromatic rings. The number of rotatable bonds is 6. The van der Waals surface area contributed by atoms with E-state index in [4.69, 9.17) is 14.2 Å². The molecule has 1 fully saturated rings. The molecular formula is C16H26BKN4O3. The summed E-state index contributed by atoms with van der Waals surface area (Å²) >= 11 is 0. The fourth-order valence-electron chi connectivity index (χ4n) is 2.85. The summed E-state index contributed by atoms with van der Waals surface area (Å²) in [6.07, 6.45) is 15.4. The Kier molecular flexibility index (Phi) is 9.02. The van der Waals surface area contributed by atoms with Gasteiger partial charge in [-0.2, -0.15) is 0 Å². The van der Waals surface area contributed by atoms with E-state index in [0.717, 1.165) is 24.0 Å². The van der Waals surface area contributed by atoms with Crippen LogP contribution in [0, 0.1) is 13.8 Å². The van der Waals surface area contributed by atoms with E-state index in [0.29, 0.717) is 0 Å². The monoisotopic (exact) mass is 372 g/mol. The van der Waals surface area contributed by atoms with Crippen LogP contribution < -0.4 is 9.51 Å². The molecule has 1 saturated carbocycles. The third-order valence-corrected chi connectivity index (χ3v) is 4.12. The van der Waals surface area contributed by atoms with Gasteiger partial charge in [-0.1, -0.05) is 32.1 Å².